The van der Waals surface area contributed by atoms with E-state index in [1.807, 2.05) is 32.2 Å². The molecule has 1 N–H and O–H groups in total. The zero-order chi connectivity index (χ0) is 14.8. The minimum absolute atomic E-state index is 0.123. The maximum atomic E-state index is 12.4. The van der Waals surface area contributed by atoms with Crippen LogP contribution < -0.4 is 4.72 Å². The standard InChI is InChI=1S/C15H22N2OS2/c1-15(2,3)20(18)17-14(11-7-5-6-8-11)13-9-12(16-4)10-19-13/h9-11,14,17H,5-8H2,1-3H3/t14-,20+/m1/s1. The van der Waals surface area contributed by atoms with Crippen molar-refractivity contribution in [2.24, 2.45) is 5.92 Å². The van der Waals surface area contributed by atoms with Crippen LogP contribution in [0.25, 0.3) is 4.85 Å². The Balaban J connectivity index is 2.21. The Bertz CT molecular complexity index is 519. The average molecular weight is 310 g/mol. The van der Waals surface area contributed by atoms with Gasteiger partial charge in [0.15, 0.2) is 5.69 Å². The fourth-order valence-corrected chi connectivity index (χ4v) is 4.48. The number of thiophene rings is 1. The van der Waals surface area contributed by atoms with Crippen molar-refractivity contribution in [1.29, 1.82) is 0 Å². The number of hydrogen-bond acceptors (Lipinski definition) is 2. The summed E-state index contributed by atoms with van der Waals surface area (Å²) in [4.78, 5) is 4.64. The van der Waals surface area contributed by atoms with Gasteiger partial charge in [-0.05, 0) is 51.0 Å². The second-order valence-corrected chi connectivity index (χ2v) is 9.28. The third kappa shape index (κ3) is 3.69. The minimum atomic E-state index is -1.08. The lowest BCUT2D eigenvalue weighted by Gasteiger charge is -2.27. The maximum Gasteiger partial charge on any atom is 0.198 e. The molecule has 110 valence electrons. The topological polar surface area (TPSA) is 33.5 Å². The molecule has 0 amide bonds. The molecule has 0 aromatic carbocycles. The Morgan fingerprint density at radius 1 is 1.45 bits per heavy atom. The molecular formula is C15H22N2OS2. The first-order chi connectivity index (χ1) is 9.41. The summed E-state index contributed by atoms with van der Waals surface area (Å²) < 4.78 is 15.5. The SMILES string of the molecule is [C-]#[N+]c1csc([C@H](N[S@@](=O)C(C)(C)C)C2CCCC2)c1. The molecule has 1 aliphatic carbocycles. The Kier molecular flexibility index (Phi) is 5.00. The van der Waals surface area contributed by atoms with Gasteiger partial charge in [-0.25, -0.2) is 13.8 Å². The third-order valence-electron chi connectivity index (χ3n) is 3.70. The van der Waals surface area contributed by atoms with Crippen molar-refractivity contribution in [3.05, 3.63) is 27.7 Å². The van der Waals surface area contributed by atoms with E-state index in [2.05, 4.69) is 9.57 Å². The van der Waals surface area contributed by atoms with E-state index in [-0.39, 0.29) is 10.8 Å². The van der Waals surface area contributed by atoms with Crippen LogP contribution in [0, 0.1) is 12.5 Å². The van der Waals surface area contributed by atoms with Crippen LogP contribution in [0.5, 0.6) is 0 Å². The molecule has 3 nitrogen and oxygen atoms in total. The van der Waals surface area contributed by atoms with Gasteiger partial charge in [0.1, 0.15) is 0 Å². The van der Waals surface area contributed by atoms with Crippen molar-refractivity contribution in [1.82, 2.24) is 4.72 Å². The van der Waals surface area contributed by atoms with Gasteiger partial charge in [0, 0.05) is 4.88 Å². The molecule has 20 heavy (non-hydrogen) atoms. The van der Waals surface area contributed by atoms with Gasteiger partial charge in [0.05, 0.1) is 28.3 Å². The van der Waals surface area contributed by atoms with Gasteiger partial charge in [-0.2, -0.15) is 11.3 Å². The highest BCUT2D eigenvalue weighted by Crippen LogP contribution is 2.39. The number of hydrogen-bond donors (Lipinski definition) is 1. The van der Waals surface area contributed by atoms with Gasteiger partial charge in [0.25, 0.3) is 0 Å². The van der Waals surface area contributed by atoms with Crippen molar-refractivity contribution in [2.45, 2.75) is 57.2 Å². The molecule has 0 aliphatic heterocycles. The Labute approximate surface area is 128 Å². The second-order valence-electron chi connectivity index (χ2n) is 6.34. The Morgan fingerprint density at radius 3 is 2.60 bits per heavy atom. The fourth-order valence-electron chi connectivity index (χ4n) is 2.53. The lowest BCUT2D eigenvalue weighted by molar-refractivity contribution is 0.421. The molecule has 2 atom stereocenters. The van der Waals surface area contributed by atoms with Crippen LogP contribution >= 0.6 is 11.3 Å². The first kappa shape index (κ1) is 15.7. The fraction of sp³-hybridized carbons (Fsp3) is 0.667. The molecular weight excluding hydrogens is 288 g/mol. The van der Waals surface area contributed by atoms with E-state index in [1.165, 1.54) is 25.7 Å². The Hall–Kier alpha value is -0.700. The molecule has 0 bridgehead atoms. The summed E-state index contributed by atoms with van der Waals surface area (Å²) in [5, 5.41) is 1.89. The smallest absolute Gasteiger partial charge is 0.198 e. The zero-order valence-corrected chi connectivity index (χ0v) is 13.9. The molecule has 2 rings (SSSR count). The van der Waals surface area contributed by atoms with Crippen molar-refractivity contribution >= 4 is 28.0 Å². The Morgan fingerprint density at radius 2 is 2.10 bits per heavy atom. The highest BCUT2D eigenvalue weighted by molar-refractivity contribution is 7.84. The molecule has 5 heteroatoms. The summed E-state index contributed by atoms with van der Waals surface area (Å²) in [6.07, 6.45) is 4.88. The lowest BCUT2D eigenvalue weighted by atomic mass is 9.98. The van der Waals surface area contributed by atoms with Crippen LogP contribution in [0.15, 0.2) is 11.4 Å². The predicted molar refractivity (Wildman–Crippen MR) is 86.3 cm³/mol. The van der Waals surface area contributed by atoms with Gasteiger partial charge in [-0.15, -0.1) is 0 Å². The van der Waals surface area contributed by atoms with Gasteiger partial charge >= 0.3 is 0 Å². The third-order valence-corrected chi connectivity index (χ3v) is 6.29. The van der Waals surface area contributed by atoms with Gasteiger partial charge in [-0.1, -0.05) is 12.8 Å². The van der Waals surface area contributed by atoms with E-state index in [1.54, 1.807) is 11.3 Å². The lowest BCUT2D eigenvalue weighted by Crippen LogP contribution is -2.37. The summed E-state index contributed by atoms with van der Waals surface area (Å²) in [6.45, 7) is 13.1. The quantitative estimate of drug-likeness (QED) is 0.811. The van der Waals surface area contributed by atoms with Crippen molar-refractivity contribution in [2.75, 3.05) is 0 Å². The minimum Gasteiger partial charge on any atom is -0.242 e. The molecule has 1 fully saturated rings. The number of nitrogens with one attached hydrogen (secondary N) is 1. The van der Waals surface area contributed by atoms with E-state index in [0.717, 1.165) is 4.88 Å². The summed E-state index contributed by atoms with van der Waals surface area (Å²) in [6, 6.07) is 2.08. The van der Waals surface area contributed by atoms with E-state index >= 15 is 0 Å². The molecule has 0 spiro atoms. The molecule has 0 radical (unpaired) electrons. The zero-order valence-electron chi connectivity index (χ0n) is 12.3. The van der Waals surface area contributed by atoms with Crippen molar-refractivity contribution in [3.63, 3.8) is 0 Å². The first-order valence-corrected chi connectivity index (χ1v) is 9.08. The summed E-state index contributed by atoms with van der Waals surface area (Å²) in [5.74, 6) is 0.540. The van der Waals surface area contributed by atoms with E-state index in [0.29, 0.717) is 11.6 Å². The summed E-state index contributed by atoms with van der Waals surface area (Å²) in [7, 11) is -1.08. The average Bonchev–Trinajstić information content (AvgIpc) is 3.05. The van der Waals surface area contributed by atoms with Crippen LogP contribution in [0.2, 0.25) is 0 Å². The van der Waals surface area contributed by atoms with Crippen LogP contribution in [0.1, 0.15) is 57.4 Å². The summed E-state index contributed by atoms with van der Waals surface area (Å²) >= 11 is 1.61. The van der Waals surface area contributed by atoms with Gasteiger partial charge in [-0.3, -0.25) is 0 Å². The van der Waals surface area contributed by atoms with Gasteiger partial charge in [0.2, 0.25) is 0 Å². The maximum absolute atomic E-state index is 12.4. The van der Waals surface area contributed by atoms with Crippen LogP contribution in [-0.2, 0) is 11.0 Å². The van der Waals surface area contributed by atoms with Crippen LogP contribution in [0.3, 0.4) is 0 Å². The molecule has 0 unspecified atom stereocenters. The molecule has 1 aliphatic rings. The van der Waals surface area contributed by atoms with E-state index in [4.69, 9.17) is 6.57 Å². The molecule has 1 aromatic rings. The highest BCUT2D eigenvalue weighted by atomic mass is 32.2. The second kappa shape index (κ2) is 6.38. The van der Waals surface area contributed by atoms with Crippen molar-refractivity contribution in [3.8, 4) is 0 Å². The van der Waals surface area contributed by atoms with Crippen LogP contribution in [0.4, 0.5) is 5.69 Å². The molecule has 0 saturated heterocycles. The first-order valence-electron chi connectivity index (χ1n) is 7.06. The largest absolute Gasteiger partial charge is 0.242 e. The van der Waals surface area contributed by atoms with Crippen LogP contribution in [-0.4, -0.2) is 8.96 Å². The molecule has 1 saturated carbocycles. The number of rotatable bonds is 4. The van der Waals surface area contributed by atoms with Crippen molar-refractivity contribution < 1.29 is 4.21 Å². The van der Waals surface area contributed by atoms with E-state index in [9.17, 15) is 4.21 Å². The predicted octanol–water partition coefficient (Wildman–Crippen LogP) is 4.58. The molecule has 1 aromatic heterocycles. The monoisotopic (exact) mass is 310 g/mol. The van der Waals surface area contributed by atoms with E-state index < -0.39 is 11.0 Å². The molecule has 1 heterocycles. The summed E-state index contributed by atoms with van der Waals surface area (Å²) in [5.41, 5.74) is 0.691. The van der Waals surface area contributed by atoms with Gasteiger partial charge < -0.3 is 0 Å². The number of nitrogens with zero attached hydrogens (tertiary/aromatic N) is 1. The highest BCUT2D eigenvalue weighted by Gasteiger charge is 2.31. The normalized spacial score (nSPS) is 19.7.